The zero-order valence-corrected chi connectivity index (χ0v) is 13.0. The standard InChI is InChI=1S/C17H19ClN2O2/c18-14-6-4-12(5-7-14)16(11-2-1-3-11)20-17(21)13-8-15(9-19)22-10-13/h4-8,10-11,16H,1-3,9,19H2,(H,20,21). The monoisotopic (exact) mass is 318 g/mol. The van der Waals surface area contributed by atoms with E-state index < -0.39 is 0 Å². The maximum atomic E-state index is 12.4. The van der Waals surface area contributed by atoms with Gasteiger partial charge in [0.2, 0.25) is 0 Å². The minimum Gasteiger partial charge on any atom is -0.467 e. The van der Waals surface area contributed by atoms with Crippen molar-refractivity contribution in [1.29, 1.82) is 0 Å². The molecule has 5 heteroatoms. The van der Waals surface area contributed by atoms with E-state index in [2.05, 4.69) is 5.32 Å². The topological polar surface area (TPSA) is 68.3 Å². The van der Waals surface area contributed by atoms with Gasteiger partial charge in [-0.15, -0.1) is 0 Å². The summed E-state index contributed by atoms with van der Waals surface area (Å²) in [5, 5.41) is 3.82. The molecule has 2 aromatic rings. The average Bonchev–Trinajstić information content (AvgIpc) is 2.94. The van der Waals surface area contributed by atoms with Gasteiger partial charge in [0.05, 0.1) is 18.2 Å². The number of benzene rings is 1. The first-order valence-electron chi connectivity index (χ1n) is 7.51. The molecule has 1 saturated carbocycles. The molecule has 0 radical (unpaired) electrons. The van der Waals surface area contributed by atoms with E-state index in [1.807, 2.05) is 24.3 Å². The van der Waals surface area contributed by atoms with Crippen LogP contribution in [0.2, 0.25) is 5.02 Å². The highest BCUT2D eigenvalue weighted by molar-refractivity contribution is 6.30. The summed E-state index contributed by atoms with van der Waals surface area (Å²) in [7, 11) is 0. The molecule has 0 spiro atoms. The van der Waals surface area contributed by atoms with Gasteiger partial charge >= 0.3 is 0 Å². The van der Waals surface area contributed by atoms with Crippen LogP contribution in [-0.4, -0.2) is 5.91 Å². The van der Waals surface area contributed by atoms with E-state index in [9.17, 15) is 4.79 Å². The Kier molecular flexibility index (Phi) is 4.50. The van der Waals surface area contributed by atoms with E-state index >= 15 is 0 Å². The van der Waals surface area contributed by atoms with Crippen LogP contribution in [0.3, 0.4) is 0 Å². The summed E-state index contributed by atoms with van der Waals surface area (Å²) in [5.41, 5.74) is 7.11. The second-order valence-electron chi connectivity index (χ2n) is 5.70. The summed E-state index contributed by atoms with van der Waals surface area (Å²) in [6.45, 7) is 0.288. The SMILES string of the molecule is NCc1cc(C(=O)NC(c2ccc(Cl)cc2)C2CCC2)co1. The molecule has 3 rings (SSSR count). The Morgan fingerprint density at radius 1 is 1.36 bits per heavy atom. The number of furan rings is 1. The van der Waals surface area contributed by atoms with Crippen LogP contribution in [0.25, 0.3) is 0 Å². The molecule has 1 aliphatic carbocycles. The molecule has 22 heavy (non-hydrogen) atoms. The number of halogens is 1. The van der Waals surface area contributed by atoms with Crippen LogP contribution in [0.5, 0.6) is 0 Å². The zero-order valence-electron chi connectivity index (χ0n) is 12.2. The molecule has 0 saturated heterocycles. The smallest absolute Gasteiger partial charge is 0.255 e. The molecule has 1 amide bonds. The minimum atomic E-state index is -0.129. The molecule has 1 unspecified atom stereocenters. The summed E-state index contributed by atoms with van der Waals surface area (Å²) in [6, 6.07) is 9.38. The Bertz CT molecular complexity index is 647. The fourth-order valence-corrected chi connectivity index (χ4v) is 2.87. The van der Waals surface area contributed by atoms with Crippen molar-refractivity contribution in [3.8, 4) is 0 Å². The molecule has 4 nitrogen and oxygen atoms in total. The van der Waals surface area contributed by atoms with Gasteiger partial charge in [-0.25, -0.2) is 0 Å². The predicted molar refractivity (Wildman–Crippen MR) is 85.6 cm³/mol. The highest BCUT2D eigenvalue weighted by Gasteiger charge is 2.30. The van der Waals surface area contributed by atoms with Gasteiger partial charge in [0.15, 0.2) is 0 Å². The molecule has 1 fully saturated rings. The van der Waals surface area contributed by atoms with Crippen LogP contribution in [-0.2, 0) is 6.54 Å². The zero-order chi connectivity index (χ0) is 15.5. The average molecular weight is 319 g/mol. The number of rotatable bonds is 5. The Hall–Kier alpha value is -1.78. The number of carbonyl (C=O) groups excluding carboxylic acids is 1. The van der Waals surface area contributed by atoms with E-state index in [1.54, 1.807) is 6.07 Å². The lowest BCUT2D eigenvalue weighted by Gasteiger charge is -2.34. The maximum Gasteiger partial charge on any atom is 0.255 e. The van der Waals surface area contributed by atoms with Gasteiger partial charge in [-0.3, -0.25) is 4.79 Å². The van der Waals surface area contributed by atoms with Crippen molar-refractivity contribution in [1.82, 2.24) is 5.32 Å². The summed E-state index contributed by atoms with van der Waals surface area (Å²) >= 11 is 5.95. The van der Waals surface area contributed by atoms with Gasteiger partial charge in [0, 0.05) is 5.02 Å². The second-order valence-corrected chi connectivity index (χ2v) is 6.14. The number of nitrogens with one attached hydrogen (secondary N) is 1. The molecule has 1 aliphatic rings. The lowest BCUT2D eigenvalue weighted by atomic mass is 9.77. The molecule has 0 aliphatic heterocycles. The van der Waals surface area contributed by atoms with Crippen molar-refractivity contribution in [3.63, 3.8) is 0 Å². The van der Waals surface area contributed by atoms with E-state index in [-0.39, 0.29) is 18.5 Å². The molecule has 1 aromatic carbocycles. The third-order valence-electron chi connectivity index (χ3n) is 4.25. The predicted octanol–water partition coefficient (Wildman–Crippen LogP) is 3.66. The summed E-state index contributed by atoms with van der Waals surface area (Å²) < 4.78 is 5.24. The Balaban J connectivity index is 1.77. The number of hydrogen-bond acceptors (Lipinski definition) is 3. The summed E-state index contributed by atoms with van der Waals surface area (Å²) in [6.07, 6.45) is 4.94. The van der Waals surface area contributed by atoms with Gasteiger partial charge in [0.1, 0.15) is 12.0 Å². The first kappa shape index (κ1) is 15.1. The quantitative estimate of drug-likeness (QED) is 0.884. The van der Waals surface area contributed by atoms with Crippen molar-refractivity contribution < 1.29 is 9.21 Å². The first-order chi connectivity index (χ1) is 10.7. The highest BCUT2D eigenvalue weighted by Crippen LogP contribution is 2.38. The number of carbonyl (C=O) groups is 1. The number of amides is 1. The first-order valence-corrected chi connectivity index (χ1v) is 7.89. The Morgan fingerprint density at radius 2 is 2.09 bits per heavy atom. The molecule has 116 valence electrons. The third-order valence-corrected chi connectivity index (χ3v) is 4.51. The lowest BCUT2D eigenvalue weighted by molar-refractivity contribution is 0.0900. The van der Waals surface area contributed by atoms with Crippen LogP contribution < -0.4 is 11.1 Å². The van der Waals surface area contributed by atoms with Crippen LogP contribution in [0.4, 0.5) is 0 Å². The van der Waals surface area contributed by atoms with E-state index in [0.29, 0.717) is 22.3 Å². The molecule has 1 heterocycles. The van der Waals surface area contributed by atoms with Gasteiger partial charge in [-0.1, -0.05) is 30.2 Å². The van der Waals surface area contributed by atoms with E-state index in [0.717, 1.165) is 18.4 Å². The molecule has 0 bridgehead atoms. The van der Waals surface area contributed by atoms with Crippen LogP contribution in [0, 0.1) is 5.92 Å². The van der Waals surface area contributed by atoms with Gasteiger partial charge < -0.3 is 15.5 Å². The van der Waals surface area contributed by atoms with E-state index in [4.69, 9.17) is 21.8 Å². The molecular formula is C17H19ClN2O2. The molecule has 3 N–H and O–H groups in total. The number of hydrogen-bond donors (Lipinski definition) is 2. The van der Waals surface area contributed by atoms with Crippen molar-refractivity contribution in [3.05, 3.63) is 58.5 Å². The van der Waals surface area contributed by atoms with Crippen LogP contribution in [0.15, 0.2) is 41.0 Å². The normalized spacial score (nSPS) is 16.1. The summed E-state index contributed by atoms with van der Waals surface area (Å²) in [4.78, 5) is 12.4. The molecule has 1 atom stereocenters. The maximum absolute atomic E-state index is 12.4. The van der Waals surface area contributed by atoms with Crippen LogP contribution in [0.1, 0.15) is 47.0 Å². The van der Waals surface area contributed by atoms with Crippen molar-refractivity contribution in [2.24, 2.45) is 11.7 Å². The number of nitrogens with two attached hydrogens (primary N) is 1. The Labute approximate surface area is 134 Å². The molecule has 1 aromatic heterocycles. The Morgan fingerprint density at radius 3 is 2.64 bits per heavy atom. The minimum absolute atomic E-state index is 0.00902. The lowest BCUT2D eigenvalue weighted by Crippen LogP contribution is -2.36. The summed E-state index contributed by atoms with van der Waals surface area (Å²) in [5.74, 6) is 0.957. The van der Waals surface area contributed by atoms with Crippen molar-refractivity contribution >= 4 is 17.5 Å². The fraction of sp³-hybridized carbons (Fsp3) is 0.353. The van der Waals surface area contributed by atoms with Gasteiger partial charge in [-0.05, 0) is 42.5 Å². The van der Waals surface area contributed by atoms with Crippen molar-refractivity contribution in [2.45, 2.75) is 31.8 Å². The third kappa shape index (κ3) is 3.18. The highest BCUT2D eigenvalue weighted by atomic mass is 35.5. The van der Waals surface area contributed by atoms with Gasteiger partial charge in [-0.2, -0.15) is 0 Å². The van der Waals surface area contributed by atoms with E-state index in [1.165, 1.54) is 12.7 Å². The second kappa shape index (κ2) is 6.55. The van der Waals surface area contributed by atoms with Gasteiger partial charge in [0.25, 0.3) is 5.91 Å². The fourth-order valence-electron chi connectivity index (χ4n) is 2.75. The molecular weight excluding hydrogens is 300 g/mol. The largest absolute Gasteiger partial charge is 0.467 e. The van der Waals surface area contributed by atoms with Crippen molar-refractivity contribution in [2.75, 3.05) is 0 Å². The van der Waals surface area contributed by atoms with Crippen LogP contribution >= 0.6 is 11.6 Å².